The van der Waals surface area contributed by atoms with Crippen LogP contribution in [0.25, 0.3) is 0 Å². The van der Waals surface area contributed by atoms with Gasteiger partial charge in [-0.15, -0.1) is 0 Å². The van der Waals surface area contributed by atoms with Gasteiger partial charge in [0.05, 0.1) is 5.92 Å². The molecular formula is C16H19NO3. The first-order chi connectivity index (χ1) is 9.65. The van der Waals surface area contributed by atoms with Crippen LogP contribution in [0.3, 0.4) is 0 Å². The maximum Gasteiger partial charge on any atom is 0.310 e. The number of carboxylic acids is 1. The second kappa shape index (κ2) is 6.89. The first-order valence-electron chi connectivity index (χ1n) is 6.89. The van der Waals surface area contributed by atoms with Crippen LogP contribution in [-0.4, -0.2) is 23.0 Å². The lowest BCUT2D eigenvalue weighted by Crippen LogP contribution is -2.33. The largest absolute Gasteiger partial charge is 0.481 e. The first-order valence-corrected chi connectivity index (χ1v) is 6.89. The molecule has 1 amide bonds. The zero-order chi connectivity index (χ0) is 14.4. The third kappa shape index (κ3) is 4.23. The highest BCUT2D eigenvalue weighted by atomic mass is 16.4. The van der Waals surface area contributed by atoms with Crippen LogP contribution in [0.2, 0.25) is 0 Å². The van der Waals surface area contributed by atoms with Gasteiger partial charge in [-0.2, -0.15) is 0 Å². The molecule has 0 aliphatic heterocycles. The summed E-state index contributed by atoms with van der Waals surface area (Å²) in [6, 6.07) is 9.92. The highest BCUT2D eigenvalue weighted by molar-refractivity contribution is 5.77. The monoisotopic (exact) mass is 273 g/mol. The van der Waals surface area contributed by atoms with Crippen molar-refractivity contribution < 1.29 is 14.7 Å². The fourth-order valence-electron chi connectivity index (χ4n) is 2.37. The quantitative estimate of drug-likeness (QED) is 0.780. The van der Waals surface area contributed by atoms with E-state index >= 15 is 0 Å². The summed E-state index contributed by atoms with van der Waals surface area (Å²) in [5, 5.41) is 11.7. The van der Waals surface area contributed by atoms with Crippen LogP contribution in [0, 0.1) is 5.92 Å². The Hall–Kier alpha value is -2.10. The Kier molecular flexibility index (Phi) is 4.93. The molecule has 1 aliphatic carbocycles. The van der Waals surface area contributed by atoms with E-state index in [1.54, 1.807) is 12.2 Å². The van der Waals surface area contributed by atoms with Gasteiger partial charge in [-0.05, 0) is 24.8 Å². The lowest BCUT2D eigenvalue weighted by molar-refractivity contribution is -0.140. The minimum absolute atomic E-state index is 0.0124. The number of aryl methyl sites for hydroxylation is 1. The molecule has 0 radical (unpaired) electrons. The summed E-state index contributed by atoms with van der Waals surface area (Å²) in [5.41, 5.74) is 1.23. The summed E-state index contributed by atoms with van der Waals surface area (Å²) in [4.78, 5) is 22.6. The SMILES string of the molecule is O=C(CCCc1ccccc1)NC1C=CC(C(=O)O)C1. The molecule has 4 heteroatoms. The molecule has 0 saturated carbocycles. The van der Waals surface area contributed by atoms with Gasteiger partial charge in [-0.1, -0.05) is 42.5 Å². The summed E-state index contributed by atoms with van der Waals surface area (Å²) >= 11 is 0. The Bertz CT molecular complexity index is 496. The number of carboxylic acid groups (broad SMARTS) is 1. The molecule has 20 heavy (non-hydrogen) atoms. The molecule has 0 bridgehead atoms. The van der Waals surface area contributed by atoms with Crippen LogP contribution in [0.4, 0.5) is 0 Å². The van der Waals surface area contributed by atoms with Crippen molar-refractivity contribution >= 4 is 11.9 Å². The smallest absolute Gasteiger partial charge is 0.310 e. The van der Waals surface area contributed by atoms with Crippen molar-refractivity contribution in [1.29, 1.82) is 0 Å². The topological polar surface area (TPSA) is 66.4 Å². The van der Waals surface area contributed by atoms with Gasteiger partial charge in [0.2, 0.25) is 5.91 Å². The van der Waals surface area contributed by atoms with Gasteiger partial charge >= 0.3 is 5.97 Å². The van der Waals surface area contributed by atoms with E-state index in [1.165, 1.54) is 5.56 Å². The molecule has 4 nitrogen and oxygen atoms in total. The predicted molar refractivity (Wildman–Crippen MR) is 76.2 cm³/mol. The zero-order valence-corrected chi connectivity index (χ0v) is 11.3. The van der Waals surface area contributed by atoms with Crippen molar-refractivity contribution in [3.05, 3.63) is 48.0 Å². The Labute approximate surface area is 118 Å². The van der Waals surface area contributed by atoms with E-state index < -0.39 is 11.9 Å². The van der Waals surface area contributed by atoms with Gasteiger partial charge in [-0.25, -0.2) is 0 Å². The molecule has 2 atom stereocenters. The lowest BCUT2D eigenvalue weighted by atomic mass is 10.1. The van der Waals surface area contributed by atoms with E-state index in [4.69, 9.17) is 5.11 Å². The summed E-state index contributed by atoms with van der Waals surface area (Å²) in [7, 11) is 0. The molecule has 0 heterocycles. The average Bonchev–Trinajstić information content (AvgIpc) is 2.88. The molecule has 1 aromatic carbocycles. The van der Waals surface area contributed by atoms with Gasteiger partial charge in [0.25, 0.3) is 0 Å². The molecule has 106 valence electrons. The molecule has 0 spiro atoms. The highest BCUT2D eigenvalue weighted by Crippen LogP contribution is 2.18. The van der Waals surface area contributed by atoms with Crippen molar-refractivity contribution in [2.24, 2.45) is 5.92 Å². The van der Waals surface area contributed by atoms with E-state index in [-0.39, 0.29) is 11.9 Å². The first kappa shape index (κ1) is 14.3. The van der Waals surface area contributed by atoms with Crippen molar-refractivity contribution in [3.8, 4) is 0 Å². The maximum atomic E-state index is 11.8. The van der Waals surface area contributed by atoms with Crippen LogP contribution >= 0.6 is 0 Å². The number of aliphatic carboxylic acids is 1. The third-order valence-corrected chi connectivity index (χ3v) is 3.46. The molecule has 0 saturated heterocycles. The van der Waals surface area contributed by atoms with E-state index in [0.717, 1.165) is 12.8 Å². The minimum Gasteiger partial charge on any atom is -0.481 e. The van der Waals surface area contributed by atoms with Crippen molar-refractivity contribution in [3.63, 3.8) is 0 Å². The number of hydrogen-bond acceptors (Lipinski definition) is 2. The Morgan fingerprint density at radius 1 is 1.20 bits per heavy atom. The number of amides is 1. The fraction of sp³-hybridized carbons (Fsp3) is 0.375. The summed E-state index contributed by atoms with van der Waals surface area (Å²) in [6.07, 6.45) is 6.03. The van der Waals surface area contributed by atoms with Crippen molar-refractivity contribution in [2.45, 2.75) is 31.7 Å². The Morgan fingerprint density at radius 2 is 1.95 bits per heavy atom. The second-order valence-electron chi connectivity index (χ2n) is 5.08. The molecular weight excluding hydrogens is 254 g/mol. The zero-order valence-electron chi connectivity index (χ0n) is 11.3. The van der Waals surface area contributed by atoms with Gasteiger partial charge in [0.1, 0.15) is 0 Å². The van der Waals surface area contributed by atoms with Gasteiger partial charge in [-0.3, -0.25) is 9.59 Å². The van der Waals surface area contributed by atoms with Gasteiger partial charge in [0, 0.05) is 12.5 Å². The van der Waals surface area contributed by atoms with E-state index in [2.05, 4.69) is 17.4 Å². The summed E-state index contributed by atoms with van der Waals surface area (Å²) in [5.74, 6) is -1.31. The van der Waals surface area contributed by atoms with Crippen LogP contribution in [0.5, 0.6) is 0 Å². The standard InChI is InChI=1S/C16H19NO3/c18-15(8-4-7-12-5-2-1-3-6-12)17-14-10-9-13(11-14)16(19)20/h1-3,5-6,9-10,13-14H,4,7-8,11H2,(H,17,18)(H,19,20). The Morgan fingerprint density at radius 3 is 2.60 bits per heavy atom. The van der Waals surface area contributed by atoms with Gasteiger partial charge < -0.3 is 10.4 Å². The lowest BCUT2D eigenvalue weighted by Gasteiger charge is -2.12. The molecule has 1 aromatic rings. The molecule has 1 aliphatic rings. The molecule has 2 rings (SSSR count). The number of nitrogens with one attached hydrogen (secondary N) is 1. The van der Waals surface area contributed by atoms with Crippen LogP contribution in [0.15, 0.2) is 42.5 Å². The van der Waals surface area contributed by atoms with Crippen LogP contribution < -0.4 is 5.32 Å². The van der Waals surface area contributed by atoms with E-state index in [0.29, 0.717) is 12.8 Å². The van der Waals surface area contributed by atoms with Gasteiger partial charge in [0.15, 0.2) is 0 Å². The fourth-order valence-corrected chi connectivity index (χ4v) is 2.37. The number of hydrogen-bond donors (Lipinski definition) is 2. The van der Waals surface area contributed by atoms with Crippen molar-refractivity contribution in [2.75, 3.05) is 0 Å². The normalized spacial score (nSPS) is 20.8. The molecule has 2 N–H and O–H groups in total. The minimum atomic E-state index is -0.831. The maximum absolute atomic E-state index is 11.8. The average molecular weight is 273 g/mol. The Balaban J connectivity index is 1.67. The molecule has 0 aromatic heterocycles. The second-order valence-corrected chi connectivity index (χ2v) is 5.08. The van der Waals surface area contributed by atoms with E-state index in [1.807, 2.05) is 18.2 Å². The number of carbonyl (C=O) groups excluding carboxylic acids is 1. The molecule has 0 fully saturated rings. The number of carbonyl (C=O) groups is 2. The summed E-state index contributed by atoms with van der Waals surface area (Å²) < 4.78 is 0. The third-order valence-electron chi connectivity index (χ3n) is 3.46. The number of rotatable bonds is 6. The predicted octanol–water partition coefficient (Wildman–Crippen LogP) is 2.15. The highest BCUT2D eigenvalue weighted by Gasteiger charge is 2.25. The van der Waals surface area contributed by atoms with Crippen LogP contribution in [0.1, 0.15) is 24.8 Å². The summed E-state index contributed by atoms with van der Waals surface area (Å²) in [6.45, 7) is 0. The van der Waals surface area contributed by atoms with Crippen molar-refractivity contribution in [1.82, 2.24) is 5.32 Å². The van der Waals surface area contributed by atoms with E-state index in [9.17, 15) is 9.59 Å². The number of benzene rings is 1. The van der Waals surface area contributed by atoms with Crippen LogP contribution in [-0.2, 0) is 16.0 Å². The molecule has 2 unspecified atom stereocenters.